The minimum atomic E-state index is -1.71. The van der Waals surface area contributed by atoms with E-state index < -0.39 is 8.07 Å². The molecule has 22 heavy (non-hydrogen) atoms. The van der Waals surface area contributed by atoms with E-state index in [9.17, 15) is 4.79 Å². The molecule has 0 unspecified atom stereocenters. The van der Waals surface area contributed by atoms with Crippen molar-refractivity contribution in [3.05, 3.63) is 35.4 Å². The highest BCUT2D eigenvalue weighted by Crippen LogP contribution is 2.41. The van der Waals surface area contributed by atoms with E-state index in [0.717, 1.165) is 11.1 Å². The van der Waals surface area contributed by atoms with Crippen LogP contribution in [-0.4, -0.2) is 13.9 Å². The van der Waals surface area contributed by atoms with Crippen molar-refractivity contribution < 1.29 is 4.79 Å². The number of Topliss-reactive ketones (excluding diaryl/α,β-unsaturated/α-hetero) is 1. The van der Waals surface area contributed by atoms with Crippen LogP contribution in [0.2, 0.25) is 16.6 Å². The molecule has 0 spiro atoms. The summed E-state index contributed by atoms with van der Waals surface area (Å²) < 4.78 is 0. The van der Waals surface area contributed by atoms with Crippen molar-refractivity contribution >= 4 is 13.9 Å². The van der Waals surface area contributed by atoms with E-state index in [-0.39, 0.29) is 11.7 Å². The summed E-state index contributed by atoms with van der Waals surface area (Å²) in [7, 11) is -1.71. The average molecular weight is 313 g/mol. The quantitative estimate of drug-likeness (QED) is 0.526. The van der Waals surface area contributed by atoms with Crippen LogP contribution in [0.25, 0.3) is 0 Å². The predicted molar refractivity (Wildman–Crippen MR) is 97.0 cm³/mol. The SMILES string of the molecule is CC(C)[Si](C#C[C@@H]1CC(=O)c2ccccc21)(C(C)C)C(C)C. The first-order chi connectivity index (χ1) is 10.3. The molecule has 1 aromatic rings. The Bertz CT molecular complexity index is 594. The highest BCUT2D eigenvalue weighted by molar-refractivity contribution is 6.90. The third-order valence-corrected chi connectivity index (χ3v) is 11.7. The summed E-state index contributed by atoms with van der Waals surface area (Å²) in [6.45, 7) is 14.0. The Morgan fingerprint density at radius 1 is 1.00 bits per heavy atom. The molecule has 0 amide bonds. The zero-order valence-corrected chi connectivity index (χ0v) is 15.7. The van der Waals surface area contributed by atoms with Gasteiger partial charge >= 0.3 is 0 Å². The van der Waals surface area contributed by atoms with Gasteiger partial charge in [-0.1, -0.05) is 65.8 Å². The molecule has 1 aliphatic carbocycles. The maximum atomic E-state index is 12.1. The summed E-state index contributed by atoms with van der Waals surface area (Å²) in [5.74, 6) is 3.90. The van der Waals surface area contributed by atoms with Crippen LogP contribution in [-0.2, 0) is 0 Å². The third kappa shape index (κ3) is 2.79. The number of ketones is 1. The monoisotopic (exact) mass is 312 g/mol. The second kappa shape index (κ2) is 6.42. The highest BCUT2D eigenvalue weighted by atomic mass is 28.3. The molecule has 1 atom stereocenters. The number of carbonyl (C=O) groups is 1. The molecule has 0 N–H and O–H groups in total. The molecule has 2 rings (SSSR count). The first-order valence-corrected chi connectivity index (χ1v) is 10.7. The Balaban J connectivity index is 2.42. The molecule has 0 heterocycles. The Labute approximate surface area is 136 Å². The number of rotatable bonds is 3. The van der Waals surface area contributed by atoms with Gasteiger partial charge in [-0.2, -0.15) is 0 Å². The molecule has 0 aromatic heterocycles. The summed E-state index contributed by atoms with van der Waals surface area (Å²) in [4.78, 5) is 12.1. The Kier molecular flexibility index (Phi) is 4.97. The number of fused-ring (bicyclic) bond motifs is 1. The lowest BCUT2D eigenvalue weighted by atomic mass is 10.0. The summed E-state index contributed by atoms with van der Waals surface area (Å²) in [6.07, 6.45) is 0.561. The van der Waals surface area contributed by atoms with Crippen LogP contribution in [0, 0.1) is 11.5 Å². The van der Waals surface area contributed by atoms with Gasteiger partial charge in [0, 0.05) is 12.0 Å². The zero-order valence-electron chi connectivity index (χ0n) is 14.7. The maximum Gasteiger partial charge on any atom is 0.164 e. The van der Waals surface area contributed by atoms with E-state index in [0.29, 0.717) is 23.0 Å². The zero-order chi connectivity index (χ0) is 16.5. The third-order valence-electron chi connectivity index (χ3n) is 5.36. The largest absolute Gasteiger partial charge is 0.294 e. The van der Waals surface area contributed by atoms with E-state index in [1.807, 2.05) is 18.2 Å². The van der Waals surface area contributed by atoms with Gasteiger partial charge in [0.25, 0.3) is 0 Å². The summed E-state index contributed by atoms with van der Waals surface area (Å²) in [5, 5.41) is 0. The second-order valence-electron chi connectivity index (χ2n) is 7.43. The fourth-order valence-electron chi connectivity index (χ4n) is 4.23. The van der Waals surface area contributed by atoms with Crippen LogP contribution < -0.4 is 0 Å². The normalized spacial score (nSPS) is 17.9. The molecule has 0 radical (unpaired) electrons. The van der Waals surface area contributed by atoms with Crippen LogP contribution in [0.1, 0.15) is 69.8 Å². The van der Waals surface area contributed by atoms with Crippen LogP contribution >= 0.6 is 0 Å². The van der Waals surface area contributed by atoms with Crippen molar-refractivity contribution in [3.8, 4) is 11.5 Å². The lowest BCUT2D eigenvalue weighted by Gasteiger charge is -2.38. The average Bonchev–Trinajstić information content (AvgIpc) is 2.76. The van der Waals surface area contributed by atoms with Crippen molar-refractivity contribution in [1.29, 1.82) is 0 Å². The minimum Gasteiger partial charge on any atom is -0.294 e. The van der Waals surface area contributed by atoms with Crippen LogP contribution in [0.3, 0.4) is 0 Å². The summed E-state index contributed by atoms with van der Waals surface area (Å²) in [6, 6.07) is 7.98. The topological polar surface area (TPSA) is 17.1 Å². The lowest BCUT2D eigenvalue weighted by Crippen LogP contribution is -2.43. The maximum absolute atomic E-state index is 12.1. The van der Waals surface area contributed by atoms with Crippen molar-refractivity contribution in [2.75, 3.05) is 0 Å². The molecular weight excluding hydrogens is 284 g/mol. The molecule has 2 heteroatoms. The fourth-order valence-corrected chi connectivity index (χ4v) is 9.52. The van der Waals surface area contributed by atoms with E-state index in [1.54, 1.807) is 0 Å². The van der Waals surface area contributed by atoms with Crippen molar-refractivity contribution in [3.63, 3.8) is 0 Å². The predicted octanol–water partition coefficient (Wildman–Crippen LogP) is 5.58. The van der Waals surface area contributed by atoms with Gasteiger partial charge in [0.05, 0.1) is 5.92 Å². The van der Waals surface area contributed by atoms with Crippen LogP contribution in [0.4, 0.5) is 0 Å². The molecule has 0 bridgehead atoms. The number of benzene rings is 1. The van der Waals surface area contributed by atoms with Crippen LogP contribution in [0.5, 0.6) is 0 Å². The fraction of sp³-hybridized carbons (Fsp3) is 0.550. The second-order valence-corrected chi connectivity index (χ2v) is 13.0. The van der Waals surface area contributed by atoms with E-state index >= 15 is 0 Å². The van der Waals surface area contributed by atoms with Gasteiger partial charge in [-0.15, -0.1) is 11.5 Å². The number of carbonyl (C=O) groups excluding carboxylic acids is 1. The van der Waals surface area contributed by atoms with Gasteiger partial charge in [-0.3, -0.25) is 4.79 Å². The Morgan fingerprint density at radius 3 is 2.09 bits per heavy atom. The lowest BCUT2D eigenvalue weighted by molar-refractivity contribution is 0.0992. The molecule has 1 nitrogen and oxygen atoms in total. The minimum absolute atomic E-state index is 0.104. The molecule has 0 saturated carbocycles. The van der Waals surface area contributed by atoms with Gasteiger partial charge in [-0.25, -0.2) is 0 Å². The van der Waals surface area contributed by atoms with Crippen molar-refractivity contribution in [2.24, 2.45) is 0 Å². The molecular formula is C20H28OSi. The molecule has 1 aliphatic rings. The Morgan fingerprint density at radius 2 is 1.55 bits per heavy atom. The van der Waals surface area contributed by atoms with Gasteiger partial charge in [0.15, 0.2) is 5.78 Å². The Hall–Kier alpha value is -1.33. The molecule has 0 saturated heterocycles. The molecule has 0 aliphatic heterocycles. The number of hydrogen-bond donors (Lipinski definition) is 0. The standard InChI is InChI=1S/C20H28OSi/c1-14(2)22(15(3)4,16(5)6)12-11-17-13-20(21)19-10-8-7-9-18(17)19/h7-10,14-17H,13H2,1-6H3/t17-/m1/s1. The first-order valence-electron chi connectivity index (χ1n) is 8.45. The number of hydrogen-bond acceptors (Lipinski definition) is 1. The van der Waals surface area contributed by atoms with Gasteiger partial charge in [0.1, 0.15) is 8.07 Å². The van der Waals surface area contributed by atoms with Gasteiger partial charge in [-0.05, 0) is 22.2 Å². The van der Waals surface area contributed by atoms with Crippen molar-refractivity contribution in [2.45, 2.75) is 70.5 Å². The molecule has 0 fully saturated rings. The first kappa shape index (κ1) is 17.0. The summed E-state index contributed by atoms with van der Waals surface area (Å²) in [5.41, 5.74) is 7.69. The van der Waals surface area contributed by atoms with E-state index in [1.165, 1.54) is 0 Å². The smallest absolute Gasteiger partial charge is 0.164 e. The van der Waals surface area contributed by atoms with Gasteiger partial charge in [0.2, 0.25) is 0 Å². The van der Waals surface area contributed by atoms with E-state index in [2.05, 4.69) is 59.1 Å². The highest BCUT2D eigenvalue weighted by Gasteiger charge is 2.42. The summed E-state index contributed by atoms with van der Waals surface area (Å²) >= 11 is 0. The molecule has 1 aromatic carbocycles. The van der Waals surface area contributed by atoms with Gasteiger partial charge < -0.3 is 0 Å². The van der Waals surface area contributed by atoms with Crippen molar-refractivity contribution in [1.82, 2.24) is 0 Å². The van der Waals surface area contributed by atoms with E-state index in [4.69, 9.17) is 0 Å². The molecule has 118 valence electrons. The van der Waals surface area contributed by atoms with Crippen LogP contribution in [0.15, 0.2) is 24.3 Å².